The van der Waals surface area contributed by atoms with Crippen LogP contribution in [0.5, 0.6) is 0 Å². The smallest absolute Gasteiger partial charge is 0.0553 e. The molecule has 4 aliphatic rings. The molecule has 15 rings (SSSR count). The summed E-state index contributed by atoms with van der Waals surface area (Å²) < 4.78 is 5.13. The largest absolute Gasteiger partial charge is 0.313 e. The predicted molar refractivity (Wildman–Crippen MR) is 329 cm³/mol. The SMILES string of the molecule is CC1(C)c2ccccc2-c2ccc(-c3cc(-n4c(-c5ccccc5)ccc4-c4ccccc4)c(-c4ccc5c(c4)C(C)(C)c4ccccc4-5)c4cc5ccc(-n6c(C7=CC=CCC7)ccc6C6C=CC=CC6)cc5cc34)cc21. The Bertz CT molecular complexity index is 4330. The summed E-state index contributed by atoms with van der Waals surface area (Å²) in [5.41, 5.74) is 26.3. The molecule has 374 valence electrons. The van der Waals surface area contributed by atoms with E-state index < -0.39 is 0 Å². The lowest BCUT2D eigenvalue weighted by Crippen LogP contribution is -2.15. The van der Waals surface area contributed by atoms with Crippen molar-refractivity contribution in [3.63, 3.8) is 0 Å². The van der Waals surface area contributed by atoms with Crippen LogP contribution in [0.1, 0.15) is 86.5 Å². The van der Waals surface area contributed by atoms with Gasteiger partial charge in [0.15, 0.2) is 0 Å². The standard InChI is InChI=1S/C76H60N2/c1-75(2)65-31-19-17-29-58(65)60-37-34-54(46-67(60)75)62-48-73(78-71(51-25-13-7-14-26-51)41-42-72(78)52-27-15-8-16-28-52)74(55-35-38-61-59-30-18-20-32-66(59)76(3,4)68(61)47-55)64-44-53-33-36-57(43-56(53)45-63(62)64)77-69(49-21-9-5-10-22-49)39-40-70(77)50-23-11-6-12-24-50/h5-11,13-21,23,25-49H,12,22,24H2,1-4H3. The zero-order chi connectivity index (χ0) is 52.3. The first-order valence-electron chi connectivity index (χ1n) is 28.0. The van der Waals surface area contributed by atoms with Crippen LogP contribution in [0.3, 0.4) is 0 Å². The lowest BCUT2D eigenvalue weighted by Gasteiger charge is -2.26. The van der Waals surface area contributed by atoms with Crippen molar-refractivity contribution in [2.45, 2.75) is 63.7 Å². The molecule has 2 aromatic heterocycles. The molecule has 0 spiro atoms. The molecule has 4 aliphatic carbocycles. The van der Waals surface area contributed by atoms with Gasteiger partial charge >= 0.3 is 0 Å². The molecule has 0 saturated carbocycles. The molecule has 0 amide bonds. The van der Waals surface area contributed by atoms with Crippen LogP contribution >= 0.6 is 0 Å². The molecule has 1 atom stereocenters. The van der Waals surface area contributed by atoms with Gasteiger partial charge in [-0.05, 0) is 185 Å². The number of benzene rings is 9. The van der Waals surface area contributed by atoms with Crippen LogP contribution < -0.4 is 0 Å². The van der Waals surface area contributed by atoms with Gasteiger partial charge in [-0.3, -0.25) is 0 Å². The second-order valence-electron chi connectivity index (χ2n) is 23.1. The third-order valence-electron chi connectivity index (χ3n) is 18.0. The number of hydrogen-bond donors (Lipinski definition) is 0. The van der Waals surface area contributed by atoms with E-state index in [0.717, 1.165) is 36.3 Å². The third-order valence-corrected chi connectivity index (χ3v) is 18.0. The molecule has 0 bridgehead atoms. The number of fused-ring (bicyclic) bond motifs is 8. The number of aromatic nitrogens is 2. The van der Waals surface area contributed by atoms with Crippen molar-refractivity contribution in [1.82, 2.24) is 9.13 Å². The highest BCUT2D eigenvalue weighted by atomic mass is 15.0. The molecule has 0 fully saturated rings. The molecule has 0 radical (unpaired) electrons. The highest BCUT2D eigenvalue weighted by Crippen LogP contribution is 2.54. The quantitative estimate of drug-likeness (QED) is 0.134. The highest BCUT2D eigenvalue weighted by molar-refractivity contribution is 6.14. The Morgan fingerprint density at radius 1 is 0.410 bits per heavy atom. The summed E-state index contributed by atoms with van der Waals surface area (Å²) in [6.45, 7) is 9.61. The first kappa shape index (κ1) is 46.3. The first-order chi connectivity index (χ1) is 38.2. The van der Waals surface area contributed by atoms with Gasteiger partial charge in [-0.2, -0.15) is 0 Å². The topological polar surface area (TPSA) is 9.86 Å². The van der Waals surface area contributed by atoms with Crippen molar-refractivity contribution in [2.24, 2.45) is 0 Å². The van der Waals surface area contributed by atoms with E-state index in [-0.39, 0.29) is 10.8 Å². The Labute approximate surface area is 458 Å². The molecule has 0 N–H and O–H groups in total. The second kappa shape index (κ2) is 17.8. The summed E-state index contributed by atoms with van der Waals surface area (Å²) in [4.78, 5) is 0. The van der Waals surface area contributed by atoms with E-state index in [9.17, 15) is 0 Å². The van der Waals surface area contributed by atoms with Gasteiger partial charge in [-0.1, -0.05) is 210 Å². The molecule has 0 saturated heterocycles. The highest BCUT2D eigenvalue weighted by Gasteiger charge is 2.37. The van der Waals surface area contributed by atoms with Crippen LogP contribution in [-0.4, -0.2) is 9.13 Å². The lowest BCUT2D eigenvalue weighted by molar-refractivity contribution is 0.660. The Balaban J connectivity index is 1.05. The van der Waals surface area contributed by atoms with Crippen molar-refractivity contribution >= 4 is 27.1 Å². The zero-order valence-electron chi connectivity index (χ0n) is 44.8. The van der Waals surface area contributed by atoms with Crippen molar-refractivity contribution in [2.75, 3.05) is 0 Å². The van der Waals surface area contributed by atoms with Crippen LogP contribution in [0, 0.1) is 0 Å². The molecular weight excluding hydrogens is 941 g/mol. The van der Waals surface area contributed by atoms with Gasteiger partial charge in [0.05, 0.1) is 17.1 Å². The van der Waals surface area contributed by atoms with Gasteiger partial charge < -0.3 is 9.13 Å². The van der Waals surface area contributed by atoms with Crippen molar-refractivity contribution in [1.29, 1.82) is 0 Å². The Morgan fingerprint density at radius 3 is 1.65 bits per heavy atom. The molecule has 2 heterocycles. The normalized spacial score (nSPS) is 16.3. The lowest BCUT2D eigenvalue weighted by atomic mass is 9.80. The third kappa shape index (κ3) is 7.16. The second-order valence-corrected chi connectivity index (χ2v) is 23.1. The van der Waals surface area contributed by atoms with E-state index >= 15 is 0 Å². The summed E-state index contributed by atoms with van der Waals surface area (Å²) in [6, 6.07) is 78.8. The van der Waals surface area contributed by atoms with Crippen LogP contribution in [0.15, 0.2) is 249 Å². The minimum atomic E-state index is -0.183. The van der Waals surface area contributed by atoms with E-state index in [4.69, 9.17) is 0 Å². The van der Waals surface area contributed by atoms with Gasteiger partial charge in [-0.25, -0.2) is 0 Å². The Hall–Kier alpha value is -8.98. The number of allylic oxidation sites excluding steroid dienone is 8. The van der Waals surface area contributed by atoms with Crippen LogP contribution in [0.4, 0.5) is 0 Å². The molecule has 2 nitrogen and oxygen atoms in total. The summed E-state index contributed by atoms with van der Waals surface area (Å²) >= 11 is 0. The maximum atomic E-state index is 2.57. The van der Waals surface area contributed by atoms with E-state index in [1.165, 1.54) is 122 Å². The van der Waals surface area contributed by atoms with Crippen molar-refractivity contribution < 1.29 is 0 Å². The average Bonchev–Trinajstić information content (AvgIpc) is 4.42. The van der Waals surface area contributed by atoms with E-state index in [1.807, 2.05) is 0 Å². The maximum absolute atomic E-state index is 2.57. The fourth-order valence-electron chi connectivity index (χ4n) is 14.0. The van der Waals surface area contributed by atoms with Crippen molar-refractivity contribution in [3.05, 3.63) is 282 Å². The average molecular weight is 1000 g/mol. The molecule has 1 unspecified atom stereocenters. The number of rotatable bonds is 8. The molecule has 2 heteroatoms. The molecule has 0 aliphatic heterocycles. The number of hydrogen-bond acceptors (Lipinski definition) is 0. The summed E-state index contributed by atoms with van der Waals surface area (Å²) in [7, 11) is 0. The minimum Gasteiger partial charge on any atom is -0.313 e. The van der Waals surface area contributed by atoms with E-state index in [1.54, 1.807) is 0 Å². The monoisotopic (exact) mass is 1000 g/mol. The van der Waals surface area contributed by atoms with Gasteiger partial charge in [0.2, 0.25) is 0 Å². The van der Waals surface area contributed by atoms with Crippen molar-refractivity contribution in [3.8, 4) is 78.4 Å². The summed E-state index contributed by atoms with van der Waals surface area (Å²) in [6.07, 6.45) is 19.0. The van der Waals surface area contributed by atoms with Crippen LogP contribution in [0.25, 0.3) is 106 Å². The zero-order valence-corrected chi connectivity index (χ0v) is 44.8. The van der Waals surface area contributed by atoms with Crippen LogP contribution in [0.2, 0.25) is 0 Å². The molecular formula is C76H60N2. The Kier molecular flexibility index (Phi) is 10.6. The van der Waals surface area contributed by atoms with Gasteiger partial charge in [0.25, 0.3) is 0 Å². The first-order valence-corrected chi connectivity index (χ1v) is 28.0. The molecule has 9 aromatic carbocycles. The Morgan fingerprint density at radius 2 is 1.01 bits per heavy atom. The van der Waals surface area contributed by atoms with Gasteiger partial charge in [-0.15, -0.1) is 0 Å². The summed E-state index contributed by atoms with van der Waals surface area (Å²) in [5.74, 6) is 0.291. The minimum absolute atomic E-state index is 0.169. The van der Waals surface area contributed by atoms with Crippen LogP contribution in [-0.2, 0) is 10.8 Å². The van der Waals surface area contributed by atoms with Gasteiger partial charge in [0.1, 0.15) is 0 Å². The predicted octanol–water partition coefficient (Wildman–Crippen LogP) is 20.2. The van der Waals surface area contributed by atoms with E-state index in [0.29, 0.717) is 5.92 Å². The fraction of sp³-hybridized carbons (Fsp3) is 0.132. The molecule has 11 aromatic rings. The molecule has 78 heavy (non-hydrogen) atoms. The maximum Gasteiger partial charge on any atom is 0.0553 e. The number of nitrogens with zero attached hydrogens (tertiary/aromatic N) is 2. The van der Waals surface area contributed by atoms with Gasteiger partial charge in [0, 0.05) is 39.4 Å². The summed E-state index contributed by atoms with van der Waals surface area (Å²) in [5, 5.41) is 4.89. The fourth-order valence-corrected chi connectivity index (χ4v) is 14.0. The van der Waals surface area contributed by atoms with E-state index in [2.05, 4.69) is 286 Å².